The fourth-order valence-electron chi connectivity index (χ4n) is 1.65. The van der Waals surface area contributed by atoms with E-state index in [-0.39, 0.29) is 11.8 Å². The molecule has 6 nitrogen and oxygen atoms in total. The van der Waals surface area contributed by atoms with Crippen LogP contribution in [-0.2, 0) is 0 Å². The molecule has 0 aliphatic rings. The van der Waals surface area contributed by atoms with Gasteiger partial charge in [-0.1, -0.05) is 12.1 Å². The van der Waals surface area contributed by atoms with E-state index >= 15 is 0 Å². The highest BCUT2D eigenvalue weighted by molar-refractivity contribution is 5.95. The molecule has 1 aromatic heterocycles. The average Bonchev–Trinajstić information content (AvgIpc) is 2.38. The maximum atomic E-state index is 11.3. The first-order valence-corrected chi connectivity index (χ1v) is 6.39. The third-order valence-electron chi connectivity index (χ3n) is 2.52. The van der Waals surface area contributed by atoms with Crippen molar-refractivity contribution in [1.29, 1.82) is 0 Å². The van der Waals surface area contributed by atoms with Crippen molar-refractivity contribution in [3.8, 4) is 0 Å². The highest BCUT2D eigenvalue weighted by Gasteiger charge is 2.04. The number of nitrogens with one attached hydrogen (secondary N) is 2. The summed E-state index contributed by atoms with van der Waals surface area (Å²) in [6.07, 6.45) is 1.53. The van der Waals surface area contributed by atoms with Gasteiger partial charge in [0, 0.05) is 17.3 Å². The minimum Gasteiger partial charge on any atom is -0.351 e. The zero-order chi connectivity index (χ0) is 14.5. The van der Waals surface area contributed by atoms with Crippen molar-refractivity contribution in [1.82, 2.24) is 15.2 Å². The number of ketones is 1. The van der Waals surface area contributed by atoms with Gasteiger partial charge in [-0.25, -0.2) is 0 Å². The molecule has 0 saturated carbocycles. The summed E-state index contributed by atoms with van der Waals surface area (Å²) in [7, 11) is 0. The highest BCUT2D eigenvalue weighted by atomic mass is 16.1. The molecule has 0 radical (unpaired) electrons. The van der Waals surface area contributed by atoms with Gasteiger partial charge in [-0.2, -0.15) is 10.1 Å². The standard InChI is InChI=1S/C14H17N5O/c1-9(2)16-14-18-13(8-15-19-14)17-12-6-4-5-11(7-12)10(3)20/h4-9H,1-3H3,(H2,16,17,18,19). The first-order valence-electron chi connectivity index (χ1n) is 6.39. The van der Waals surface area contributed by atoms with Crippen LogP contribution in [0.5, 0.6) is 0 Å². The number of nitrogens with zero attached hydrogens (tertiary/aromatic N) is 3. The second kappa shape index (κ2) is 6.10. The molecular formula is C14H17N5O. The number of benzene rings is 1. The van der Waals surface area contributed by atoms with Crippen LogP contribution in [0.25, 0.3) is 0 Å². The van der Waals surface area contributed by atoms with Crippen molar-refractivity contribution < 1.29 is 4.79 Å². The number of aromatic nitrogens is 3. The van der Waals surface area contributed by atoms with Crippen molar-refractivity contribution in [3.63, 3.8) is 0 Å². The summed E-state index contributed by atoms with van der Waals surface area (Å²) in [6.45, 7) is 5.54. The molecule has 104 valence electrons. The predicted octanol–water partition coefficient (Wildman–Crippen LogP) is 2.64. The number of Topliss-reactive ketones (excluding diaryl/α,β-unsaturated/α-hetero) is 1. The molecule has 6 heteroatoms. The Bertz CT molecular complexity index is 612. The average molecular weight is 271 g/mol. The quantitative estimate of drug-likeness (QED) is 0.814. The van der Waals surface area contributed by atoms with Crippen molar-refractivity contribution in [2.24, 2.45) is 0 Å². The smallest absolute Gasteiger partial charge is 0.244 e. The molecule has 0 spiro atoms. The number of anilines is 3. The molecule has 1 heterocycles. The van der Waals surface area contributed by atoms with Gasteiger partial charge in [0.05, 0.1) is 6.20 Å². The van der Waals surface area contributed by atoms with Crippen LogP contribution >= 0.6 is 0 Å². The van der Waals surface area contributed by atoms with Gasteiger partial charge in [0.25, 0.3) is 0 Å². The lowest BCUT2D eigenvalue weighted by atomic mass is 10.1. The SMILES string of the molecule is CC(=O)c1cccc(Nc2cnnc(NC(C)C)n2)c1. The van der Waals surface area contributed by atoms with Crippen molar-refractivity contribution >= 4 is 23.2 Å². The third kappa shape index (κ3) is 3.74. The Morgan fingerprint density at radius 3 is 2.80 bits per heavy atom. The Morgan fingerprint density at radius 2 is 2.10 bits per heavy atom. The van der Waals surface area contributed by atoms with Gasteiger partial charge in [-0.15, -0.1) is 5.10 Å². The lowest BCUT2D eigenvalue weighted by Crippen LogP contribution is -2.13. The minimum atomic E-state index is 0.0247. The van der Waals surface area contributed by atoms with E-state index in [0.29, 0.717) is 17.3 Å². The molecule has 0 unspecified atom stereocenters. The second-order valence-corrected chi connectivity index (χ2v) is 4.73. The van der Waals surface area contributed by atoms with E-state index in [1.54, 1.807) is 12.1 Å². The van der Waals surface area contributed by atoms with Crippen LogP contribution in [0.15, 0.2) is 30.5 Å². The number of hydrogen-bond donors (Lipinski definition) is 2. The Balaban J connectivity index is 2.17. The second-order valence-electron chi connectivity index (χ2n) is 4.73. The molecule has 0 saturated heterocycles. The van der Waals surface area contributed by atoms with Gasteiger partial charge in [0.15, 0.2) is 11.6 Å². The predicted molar refractivity (Wildman–Crippen MR) is 78.3 cm³/mol. The van der Waals surface area contributed by atoms with Gasteiger partial charge < -0.3 is 10.6 Å². The highest BCUT2D eigenvalue weighted by Crippen LogP contribution is 2.16. The maximum Gasteiger partial charge on any atom is 0.244 e. The first-order chi connectivity index (χ1) is 9.54. The van der Waals surface area contributed by atoms with Crippen molar-refractivity contribution in [2.45, 2.75) is 26.8 Å². The zero-order valence-corrected chi connectivity index (χ0v) is 11.7. The third-order valence-corrected chi connectivity index (χ3v) is 2.52. The van der Waals surface area contributed by atoms with E-state index in [1.807, 2.05) is 26.0 Å². The molecule has 0 amide bonds. The summed E-state index contributed by atoms with van der Waals surface area (Å²) in [5.74, 6) is 1.06. The van der Waals surface area contributed by atoms with E-state index in [2.05, 4.69) is 25.8 Å². The van der Waals surface area contributed by atoms with E-state index in [4.69, 9.17) is 0 Å². The van der Waals surface area contributed by atoms with Gasteiger partial charge in [0.2, 0.25) is 5.95 Å². The van der Waals surface area contributed by atoms with Crippen LogP contribution in [0.1, 0.15) is 31.1 Å². The largest absolute Gasteiger partial charge is 0.351 e. The summed E-state index contributed by atoms with van der Waals surface area (Å²) < 4.78 is 0. The van der Waals surface area contributed by atoms with E-state index in [9.17, 15) is 4.79 Å². The van der Waals surface area contributed by atoms with Crippen molar-refractivity contribution in [3.05, 3.63) is 36.0 Å². The first kappa shape index (κ1) is 13.9. The zero-order valence-electron chi connectivity index (χ0n) is 11.7. The Hall–Kier alpha value is -2.50. The van der Waals surface area contributed by atoms with Crippen LogP contribution in [0.4, 0.5) is 17.5 Å². The molecule has 1 aromatic carbocycles. The van der Waals surface area contributed by atoms with Crippen LogP contribution < -0.4 is 10.6 Å². The minimum absolute atomic E-state index is 0.0247. The molecule has 0 fully saturated rings. The van der Waals surface area contributed by atoms with Gasteiger partial charge in [0.1, 0.15) is 0 Å². The normalized spacial score (nSPS) is 10.4. The molecule has 2 aromatic rings. The van der Waals surface area contributed by atoms with Crippen LogP contribution in [-0.4, -0.2) is 27.0 Å². The molecule has 0 atom stereocenters. The van der Waals surface area contributed by atoms with E-state index in [0.717, 1.165) is 5.69 Å². The fraction of sp³-hybridized carbons (Fsp3) is 0.286. The number of carbonyl (C=O) groups excluding carboxylic acids is 1. The molecule has 20 heavy (non-hydrogen) atoms. The Kier molecular flexibility index (Phi) is 4.24. The van der Waals surface area contributed by atoms with Crippen LogP contribution in [0.3, 0.4) is 0 Å². The van der Waals surface area contributed by atoms with Gasteiger partial charge in [-0.05, 0) is 32.9 Å². The van der Waals surface area contributed by atoms with E-state index < -0.39 is 0 Å². The number of carbonyl (C=O) groups is 1. The Morgan fingerprint density at radius 1 is 1.30 bits per heavy atom. The molecule has 2 rings (SSSR count). The van der Waals surface area contributed by atoms with E-state index in [1.165, 1.54) is 13.1 Å². The van der Waals surface area contributed by atoms with Crippen LogP contribution in [0, 0.1) is 0 Å². The topological polar surface area (TPSA) is 79.8 Å². The summed E-state index contributed by atoms with van der Waals surface area (Å²) in [4.78, 5) is 15.7. The lowest BCUT2D eigenvalue weighted by Gasteiger charge is -2.09. The summed E-state index contributed by atoms with van der Waals surface area (Å²) >= 11 is 0. The fourth-order valence-corrected chi connectivity index (χ4v) is 1.65. The molecule has 0 aliphatic carbocycles. The lowest BCUT2D eigenvalue weighted by molar-refractivity contribution is 0.101. The van der Waals surface area contributed by atoms with Crippen LogP contribution in [0.2, 0.25) is 0 Å². The Labute approximate surface area is 117 Å². The number of rotatable bonds is 5. The summed E-state index contributed by atoms with van der Waals surface area (Å²) in [5, 5.41) is 14.0. The van der Waals surface area contributed by atoms with Crippen molar-refractivity contribution in [2.75, 3.05) is 10.6 Å². The summed E-state index contributed by atoms with van der Waals surface area (Å²) in [5.41, 5.74) is 1.44. The summed E-state index contributed by atoms with van der Waals surface area (Å²) in [6, 6.07) is 7.47. The molecule has 0 bridgehead atoms. The van der Waals surface area contributed by atoms with Gasteiger partial charge in [-0.3, -0.25) is 4.79 Å². The maximum absolute atomic E-state index is 11.3. The monoisotopic (exact) mass is 271 g/mol. The molecule has 2 N–H and O–H groups in total. The molecule has 0 aliphatic heterocycles. The number of hydrogen-bond acceptors (Lipinski definition) is 6. The van der Waals surface area contributed by atoms with Gasteiger partial charge >= 0.3 is 0 Å². The molecular weight excluding hydrogens is 254 g/mol.